The molecule has 0 spiro atoms. The Bertz CT molecular complexity index is 2620. The molecular formula is C53H49NO. The van der Waals surface area contributed by atoms with E-state index in [9.17, 15) is 0 Å². The monoisotopic (exact) mass is 715 g/mol. The van der Waals surface area contributed by atoms with Crippen LogP contribution >= 0.6 is 0 Å². The Hall–Kier alpha value is -5.86. The number of fused-ring (bicyclic) bond motifs is 6. The van der Waals surface area contributed by atoms with Gasteiger partial charge in [0.25, 0.3) is 0 Å². The first kappa shape index (κ1) is 34.9. The number of hydrogen-bond donors (Lipinski definition) is 0. The SMILES string of the molecule is CC(C)(C)c1cc(C(C)(C)C)c2oc3cc4c(cc3c2c1)-c1cccc(N(c2ccc(-c3ccccc3)cc2)c2ccc(-c3ccccc3)cc2)c1C4(C)C. The van der Waals surface area contributed by atoms with Gasteiger partial charge in [-0.15, -0.1) is 0 Å². The van der Waals surface area contributed by atoms with Gasteiger partial charge in [-0.3, -0.25) is 0 Å². The first-order valence-electron chi connectivity index (χ1n) is 19.6. The number of hydrogen-bond acceptors (Lipinski definition) is 2. The molecule has 0 N–H and O–H groups in total. The van der Waals surface area contributed by atoms with Crippen LogP contribution in [-0.4, -0.2) is 0 Å². The number of benzene rings is 7. The third-order valence-electron chi connectivity index (χ3n) is 11.7. The van der Waals surface area contributed by atoms with Crippen LogP contribution in [0.5, 0.6) is 0 Å². The maximum atomic E-state index is 6.90. The summed E-state index contributed by atoms with van der Waals surface area (Å²) in [6.45, 7) is 18.5. The van der Waals surface area contributed by atoms with Gasteiger partial charge in [-0.2, -0.15) is 0 Å². The molecular weight excluding hydrogens is 667 g/mol. The van der Waals surface area contributed by atoms with E-state index in [2.05, 4.69) is 212 Å². The van der Waals surface area contributed by atoms with E-state index in [4.69, 9.17) is 4.42 Å². The average Bonchev–Trinajstić information content (AvgIpc) is 3.65. The van der Waals surface area contributed by atoms with Gasteiger partial charge in [-0.1, -0.05) is 159 Å². The highest BCUT2D eigenvalue weighted by Gasteiger charge is 2.40. The molecule has 1 aromatic heterocycles. The standard InChI is InChI=1S/C53H49NO/c1-51(2,3)38-30-44-43-32-42-41-20-15-21-47(49(41)53(7,8)45(42)33-48(43)55-50(44)46(31-38)52(4,5)6)54(39-26-22-36(23-27-39)34-16-11-9-12-17-34)40-28-24-37(25-29-40)35-18-13-10-14-19-35/h9-33H,1-8H3. The molecule has 8 aromatic rings. The Morgan fingerprint density at radius 2 is 1.04 bits per heavy atom. The zero-order chi connectivity index (χ0) is 38.3. The lowest BCUT2D eigenvalue weighted by Crippen LogP contribution is -2.20. The fraction of sp³-hybridized carbons (Fsp3) is 0.208. The summed E-state index contributed by atoms with van der Waals surface area (Å²) in [7, 11) is 0. The lowest BCUT2D eigenvalue weighted by Gasteiger charge is -2.32. The lowest BCUT2D eigenvalue weighted by atomic mass is 9.79. The zero-order valence-corrected chi connectivity index (χ0v) is 33.3. The Kier molecular flexibility index (Phi) is 7.99. The van der Waals surface area contributed by atoms with Gasteiger partial charge in [0.15, 0.2) is 0 Å². The molecule has 0 saturated carbocycles. The number of furan rings is 1. The van der Waals surface area contributed by atoms with Crippen molar-refractivity contribution in [2.45, 2.75) is 71.6 Å². The molecule has 1 heterocycles. The van der Waals surface area contributed by atoms with Gasteiger partial charge >= 0.3 is 0 Å². The molecule has 0 aliphatic heterocycles. The van der Waals surface area contributed by atoms with Gasteiger partial charge in [0.2, 0.25) is 0 Å². The van der Waals surface area contributed by atoms with Crippen LogP contribution in [0.2, 0.25) is 0 Å². The quantitative estimate of drug-likeness (QED) is 0.176. The summed E-state index contributed by atoms with van der Waals surface area (Å²) in [6.07, 6.45) is 0. The van der Waals surface area contributed by atoms with E-state index in [1.54, 1.807) is 0 Å². The van der Waals surface area contributed by atoms with E-state index >= 15 is 0 Å². The van der Waals surface area contributed by atoms with Gasteiger partial charge in [0.05, 0.1) is 5.69 Å². The number of rotatable bonds is 5. The van der Waals surface area contributed by atoms with E-state index in [0.717, 1.165) is 22.5 Å². The minimum absolute atomic E-state index is 0.0139. The van der Waals surface area contributed by atoms with Crippen LogP contribution in [0.25, 0.3) is 55.3 Å². The van der Waals surface area contributed by atoms with E-state index in [-0.39, 0.29) is 16.2 Å². The molecule has 55 heavy (non-hydrogen) atoms. The summed E-state index contributed by atoms with van der Waals surface area (Å²) in [6, 6.07) is 55.6. The summed E-state index contributed by atoms with van der Waals surface area (Å²) in [4.78, 5) is 2.45. The number of nitrogens with zero attached hydrogens (tertiary/aromatic N) is 1. The smallest absolute Gasteiger partial charge is 0.139 e. The third kappa shape index (κ3) is 5.87. The molecule has 0 radical (unpaired) electrons. The molecule has 0 amide bonds. The Labute approximate surface area is 326 Å². The van der Waals surface area contributed by atoms with Crippen molar-refractivity contribution in [1.82, 2.24) is 0 Å². The predicted octanol–water partition coefficient (Wildman–Crippen LogP) is 15.3. The van der Waals surface area contributed by atoms with Crippen LogP contribution in [0, 0.1) is 0 Å². The largest absolute Gasteiger partial charge is 0.456 e. The van der Waals surface area contributed by atoms with Crippen molar-refractivity contribution in [3.63, 3.8) is 0 Å². The molecule has 0 bridgehead atoms. The zero-order valence-electron chi connectivity index (χ0n) is 33.3. The van der Waals surface area contributed by atoms with Crippen molar-refractivity contribution in [2.24, 2.45) is 0 Å². The molecule has 0 saturated heterocycles. The van der Waals surface area contributed by atoms with Crippen molar-refractivity contribution < 1.29 is 4.42 Å². The second kappa shape index (κ2) is 12.6. The normalized spacial score (nSPS) is 13.6. The van der Waals surface area contributed by atoms with Crippen LogP contribution in [0.4, 0.5) is 17.1 Å². The third-order valence-corrected chi connectivity index (χ3v) is 11.7. The fourth-order valence-electron chi connectivity index (χ4n) is 8.69. The second-order valence-corrected chi connectivity index (χ2v) is 17.9. The fourth-order valence-corrected chi connectivity index (χ4v) is 8.69. The summed E-state index contributed by atoms with van der Waals surface area (Å²) in [5.41, 5.74) is 17.7. The van der Waals surface area contributed by atoms with E-state index in [0.29, 0.717) is 0 Å². The van der Waals surface area contributed by atoms with E-state index < -0.39 is 0 Å². The van der Waals surface area contributed by atoms with Crippen molar-refractivity contribution >= 4 is 39.0 Å². The van der Waals surface area contributed by atoms with Crippen LogP contribution in [0.1, 0.15) is 77.6 Å². The summed E-state index contributed by atoms with van der Waals surface area (Å²) >= 11 is 0. The Morgan fingerprint density at radius 3 is 1.56 bits per heavy atom. The molecule has 272 valence electrons. The molecule has 9 rings (SSSR count). The van der Waals surface area contributed by atoms with Gasteiger partial charge in [0.1, 0.15) is 11.2 Å². The van der Waals surface area contributed by atoms with Crippen molar-refractivity contribution in [1.29, 1.82) is 0 Å². The van der Waals surface area contributed by atoms with E-state index in [1.165, 1.54) is 72.1 Å². The molecule has 2 heteroatoms. The Balaban J connectivity index is 1.24. The van der Waals surface area contributed by atoms with Crippen molar-refractivity contribution in [3.8, 4) is 33.4 Å². The van der Waals surface area contributed by atoms with Crippen LogP contribution < -0.4 is 4.90 Å². The van der Waals surface area contributed by atoms with Gasteiger partial charge in [-0.25, -0.2) is 0 Å². The highest BCUT2D eigenvalue weighted by atomic mass is 16.3. The average molecular weight is 716 g/mol. The molecule has 1 aliphatic rings. The van der Waals surface area contributed by atoms with Crippen molar-refractivity contribution in [3.05, 3.63) is 174 Å². The minimum Gasteiger partial charge on any atom is -0.456 e. The first-order valence-corrected chi connectivity index (χ1v) is 19.6. The highest BCUT2D eigenvalue weighted by molar-refractivity contribution is 6.09. The molecule has 0 atom stereocenters. The first-order chi connectivity index (χ1) is 26.3. The number of anilines is 3. The molecule has 0 unspecified atom stereocenters. The Morgan fingerprint density at radius 1 is 0.491 bits per heavy atom. The van der Waals surface area contributed by atoms with Crippen LogP contribution in [-0.2, 0) is 16.2 Å². The van der Waals surface area contributed by atoms with Gasteiger partial charge in [-0.05, 0) is 109 Å². The maximum absolute atomic E-state index is 6.90. The summed E-state index contributed by atoms with van der Waals surface area (Å²) < 4.78 is 6.90. The minimum atomic E-state index is -0.288. The summed E-state index contributed by atoms with van der Waals surface area (Å²) in [5.74, 6) is 0. The predicted molar refractivity (Wildman–Crippen MR) is 234 cm³/mol. The molecule has 1 aliphatic carbocycles. The molecule has 7 aromatic carbocycles. The molecule has 2 nitrogen and oxygen atoms in total. The highest BCUT2D eigenvalue weighted by Crippen LogP contribution is 2.56. The topological polar surface area (TPSA) is 16.4 Å². The van der Waals surface area contributed by atoms with Gasteiger partial charge in [0, 0.05) is 33.1 Å². The van der Waals surface area contributed by atoms with Gasteiger partial charge < -0.3 is 9.32 Å². The van der Waals surface area contributed by atoms with Crippen LogP contribution in [0.3, 0.4) is 0 Å². The second-order valence-electron chi connectivity index (χ2n) is 17.9. The van der Waals surface area contributed by atoms with Crippen LogP contribution in [0.15, 0.2) is 156 Å². The molecule has 0 fully saturated rings. The summed E-state index contributed by atoms with van der Waals surface area (Å²) in [5, 5.41) is 2.39. The van der Waals surface area contributed by atoms with Crippen molar-refractivity contribution in [2.75, 3.05) is 4.90 Å². The lowest BCUT2D eigenvalue weighted by molar-refractivity contribution is 0.559. The maximum Gasteiger partial charge on any atom is 0.139 e. The van der Waals surface area contributed by atoms with E-state index in [1.807, 2.05) is 0 Å².